The zero-order valence-corrected chi connectivity index (χ0v) is 18.7. The first-order valence-corrected chi connectivity index (χ1v) is 12.8. The van der Waals surface area contributed by atoms with Crippen molar-refractivity contribution in [1.82, 2.24) is 0 Å². The number of aryl methyl sites for hydroxylation is 1. The van der Waals surface area contributed by atoms with Crippen molar-refractivity contribution >= 4 is 31.4 Å². The normalized spacial score (nSPS) is 14.6. The molecular formula is C22H19F3N2O4S2. The van der Waals surface area contributed by atoms with Crippen LogP contribution in [0.3, 0.4) is 0 Å². The van der Waals surface area contributed by atoms with Gasteiger partial charge in [-0.2, -0.15) is 13.2 Å². The summed E-state index contributed by atoms with van der Waals surface area (Å²) >= 11 is 0. The second-order valence-corrected chi connectivity index (χ2v) is 11.0. The fourth-order valence-corrected chi connectivity index (χ4v) is 6.28. The average molecular weight is 497 g/mol. The van der Waals surface area contributed by atoms with Crippen molar-refractivity contribution in [3.8, 4) is 0 Å². The third kappa shape index (κ3) is 4.69. The van der Waals surface area contributed by atoms with Crippen LogP contribution in [0.2, 0.25) is 0 Å². The fourth-order valence-electron chi connectivity index (χ4n) is 3.63. The minimum Gasteiger partial charge on any atom is -0.280 e. The van der Waals surface area contributed by atoms with Gasteiger partial charge in [0.1, 0.15) is 0 Å². The lowest BCUT2D eigenvalue weighted by Gasteiger charge is -2.31. The lowest BCUT2D eigenvalue weighted by molar-refractivity contribution is -0.137. The zero-order valence-electron chi connectivity index (χ0n) is 17.1. The molecule has 0 aromatic heterocycles. The highest BCUT2D eigenvalue weighted by Gasteiger charge is 2.32. The van der Waals surface area contributed by atoms with Gasteiger partial charge in [-0.25, -0.2) is 16.8 Å². The van der Waals surface area contributed by atoms with Crippen LogP contribution >= 0.6 is 0 Å². The van der Waals surface area contributed by atoms with Gasteiger partial charge in [0, 0.05) is 6.54 Å². The van der Waals surface area contributed by atoms with Crippen molar-refractivity contribution in [2.75, 3.05) is 15.6 Å². The predicted molar refractivity (Wildman–Crippen MR) is 118 cm³/mol. The third-order valence-corrected chi connectivity index (χ3v) is 8.42. The highest BCUT2D eigenvalue weighted by atomic mass is 32.2. The Kier molecular flexibility index (Phi) is 5.87. The summed E-state index contributed by atoms with van der Waals surface area (Å²) in [6, 6.07) is 15.7. The number of hydrogen-bond donors (Lipinski definition) is 1. The van der Waals surface area contributed by atoms with Gasteiger partial charge in [0.15, 0.2) is 0 Å². The van der Waals surface area contributed by atoms with E-state index in [-0.39, 0.29) is 17.1 Å². The van der Waals surface area contributed by atoms with Crippen molar-refractivity contribution in [3.05, 3.63) is 83.9 Å². The summed E-state index contributed by atoms with van der Waals surface area (Å²) in [7, 11) is -8.22. The van der Waals surface area contributed by atoms with Gasteiger partial charge < -0.3 is 0 Å². The van der Waals surface area contributed by atoms with Gasteiger partial charge in [0.05, 0.1) is 26.7 Å². The van der Waals surface area contributed by atoms with E-state index >= 15 is 0 Å². The van der Waals surface area contributed by atoms with Crippen LogP contribution in [0.15, 0.2) is 82.6 Å². The van der Waals surface area contributed by atoms with Gasteiger partial charge in [0.25, 0.3) is 20.0 Å². The van der Waals surface area contributed by atoms with Gasteiger partial charge in [-0.1, -0.05) is 30.3 Å². The monoisotopic (exact) mass is 496 g/mol. The molecule has 1 aliphatic heterocycles. The van der Waals surface area contributed by atoms with Gasteiger partial charge >= 0.3 is 6.18 Å². The van der Waals surface area contributed by atoms with Gasteiger partial charge in [-0.05, 0) is 60.9 Å². The molecule has 0 fully saturated rings. The standard InChI is InChI=1S/C22H19F3N2O4S2/c23-22(24,25)17-7-4-10-20(14-17)32(28,29)26-18-12-11-16-6-5-13-27(21(16)15-18)33(30,31)19-8-2-1-3-9-19/h1-4,7-12,14-15,26H,5-6,13H2. The number of nitrogens with zero attached hydrogens (tertiary/aromatic N) is 1. The van der Waals surface area contributed by atoms with E-state index in [0.29, 0.717) is 24.6 Å². The van der Waals surface area contributed by atoms with Crippen LogP contribution in [-0.2, 0) is 32.6 Å². The lowest BCUT2D eigenvalue weighted by Crippen LogP contribution is -2.35. The first kappa shape index (κ1) is 23.1. The minimum absolute atomic E-state index is 0.0429. The molecule has 3 aromatic carbocycles. The topological polar surface area (TPSA) is 83.6 Å². The SMILES string of the molecule is O=S(=O)(Nc1ccc2c(c1)N(S(=O)(=O)c1ccccc1)CCC2)c1cccc(C(F)(F)F)c1. The average Bonchev–Trinajstić information content (AvgIpc) is 2.78. The summed E-state index contributed by atoms with van der Waals surface area (Å²) in [5.41, 5.74) is 0.00869. The maximum atomic E-state index is 13.2. The summed E-state index contributed by atoms with van der Waals surface area (Å²) in [4.78, 5) is -0.448. The van der Waals surface area contributed by atoms with E-state index in [1.807, 2.05) is 0 Å². The molecule has 0 atom stereocenters. The van der Waals surface area contributed by atoms with Crippen molar-refractivity contribution < 1.29 is 30.0 Å². The van der Waals surface area contributed by atoms with Crippen LogP contribution in [0.1, 0.15) is 17.5 Å². The first-order valence-electron chi connectivity index (χ1n) is 9.89. The van der Waals surface area contributed by atoms with E-state index < -0.39 is 36.7 Å². The molecule has 0 saturated heterocycles. The molecule has 0 saturated carbocycles. The van der Waals surface area contributed by atoms with Crippen LogP contribution in [0.25, 0.3) is 0 Å². The van der Waals surface area contributed by atoms with Crippen LogP contribution < -0.4 is 9.03 Å². The molecule has 11 heteroatoms. The molecule has 0 radical (unpaired) electrons. The van der Waals surface area contributed by atoms with E-state index in [4.69, 9.17) is 0 Å². The molecule has 0 bridgehead atoms. The number of anilines is 2. The van der Waals surface area contributed by atoms with E-state index in [2.05, 4.69) is 4.72 Å². The molecule has 0 spiro atoms. The predicted octanol–water partition coefficient (Wildman–Crippen LogP) is 4.65. The largest absolute Gasteiger partial charge is 0.416 e. The van der Waals surface area contributed by atoms with Crippen molar-refractivity contribution in [2.45, 2.75) is 28.8 Å². The van der Waals surface area contributed by atoms with Gasteiger partial charge in [-0.3, -0.25) is 9.03 Å². The molecular weight excluding hydrogens is 477 g/mol. The molecule has 4 rings (SSSR count). The number of rotatable bonds is 5. The van der Waals surface area contributed by atoms with Crippen LogP contribution in [-0.4, -0.2) is 23.4 Å². The summed E-state index contributed by atoms with van der Waals surface area (Å²) < 4.78 is 94.3. The Morgan fingerprint density at radius 3 is 2.21 bits per heavy atom. The van der Waals surface area contributed by atoms with Crippen molar-refractivity contribution in [3.63, 3.8) is 0 Å². The summed E-state index contributed by atoms with van der Waals surface area (Å²) in [5, 5.41) is 0. The smallest absolute Gasteiger partial charge is 0.280 e. The van der Waals surface area contributed by atoms with Crippen LogP contribution in [0.4, 0.5) is 24.5 Å². The van der Waals surface area contributed by atoms with Gasteiger partial charge in [-0.15, -0.1) is 0 Å². The molecule has 3 aromatic rings. The Morgan fingerprint density at radius 1 is 0.818 bits per heavy atom. The Hall–Kier alpha value is -3.05. The molecule has 1 heterocycles. The Morgan fingerprint density at radius 2 is 1.52 bits per heavy atom. The van der Waals surface area contributed by atoms with Gasteiger partial charge in [0.2, 0.25) is 0 Å². The maximum absolute atomic E-state index is 13.2. The first-order chi connectivity index (χ1) is 15.5. The second-order valence-electron chi connectivity index (χ2n) is 7.47. The Bertz CT molecular complexity index is 1390. The molecule has 1 N–H and O–H groups in total. The second kappa shape index (κ2) is 8.38. The number of fused-ring (bicyclic) bond motifs is 1. The zero-order chi connectivity index (χ0) is 23.9. The minimum atomic E-state index is -4.69. The number of alkyl halides is 3. The number of sulfonamides is 2. The van der Waals surface area contributed by atoms with E-state index in [9.17, 15) is 30.0 Å². The Balaban J connectivity index is 1.69. The lowest BCUT2D eigenvalue weighted by atomic mass is 10.0. The van der Waals surface area contributed by atoms with Crippen molar-refractivity contribution in [1.29, 1.82) is 0 Å². The Labute approximate surface area is 189 Å². The highest BCUT2D eigenvalue weighted by molar-refractivity contribution is 7.93. The number of hydrogen-bond acceptors (Lipinski definition) is 4. The highest BCUT2D eigenvalue weighted by Crippen LogP contribution is 2.35. The summed E-state index contributed by atoms with van der Waals surface area (Å²) in [6.07, 6.45) is -3.49. The fraction of sp³-hybridized carbons (Fsp3) is 0.182. The third-order valence-electron chi connectivity index (χ3n) is 5.22. The van der Waals surface area contributed by atoms with E-state index in [0.717, 1.165) is 23.8 Å². The van der Waals surface area contributed by atoms with Crippen LogP contribution in [0.5, 0.6) is 0 Å². The molecule has 174 valence electrons. The molecule has 0 unspecified atom stereocenters. The van der Waals surface area contributed by atoms with Crippen molar-refractivity contribution in [2.24, 2.45) is 0 Å². The van der Waals surface area contributed by atoms with E-state index in [1.165, 1.54) is 28.6 Å². The molecule has 0 amide bonds. The molecule has 1 aliphatic rings. The number of benzene rings is 3. The molecule has 6 nitrogen and oxygen atoms in total. The number of halogens is 3. The molecule has 0 aliphatic carbocycles. The van der Waals surface area contributed by atoms with E-state index in [1.54, 1.807) is 24.3 Å². The quantitative estimate of drug-likeness (QED) is 0.558. The summed E-state index contributed by atoms with van der Waals surface area (Å²) in [5.74, 6) is 0. The maximum Gasteiger partial charge on any atom is 0.416 e. The van der Waals surface area contributed by atoms with Crippen LogP contribution in [0, 0.1) is 0 Å². The molecule has 33 heavy (non-hydrogen) atoms. The summed E-state index contributed by atoms with van der Waals surface area (Å²) in [6.45, 7) is 0.216. The number of nitrogens with one attached hydrogen (secondary N) is 1.